The number of amides is 2. The summed E-state index contributed by atoms with van der Waals surface area (Å²) in [6.45, 7) is 4.02. The molecule has 1 N–H and O–H groups in total. The fourth-order valence-corrected chi connectivity index (χ4v) is 3.13. The highest BCUT2D eigenvalue weighted by atomic mass is 35.5. The standard InChI is InChI=1S/C19H21ClN4O3/c1-14(25)22-15-6-7-18(21-12-15)27-13-19(26)24-10-8-23(9-11-24)17-5-3-2-4-16(17)20/h2-7,12H,8-11,13H2,1H3,(H,22,25). The molecule has 0 aliphatic carbocycles. The first-order valence-electron chi connectivity index (χ1n) is 8.66. The normalized spacial score (nSPS) is 14.0. The van der Waals surface area contributed by atoms with Gasteiger partial charge in [-0.15, -0.1) is 0 Å². The van der Waals surface area contributed by atoms with Gasteiger partial charge in [0.25, 0.3) is 5.91 Å². The van der Waals surface area contributed by atoms with Crippen LogP contribution in [0.2, 0.25) is 5.02 Å². The Morgan fingerprint density at radius 1 is 1.15 bits per heavy atom. The van der Waals surface area contributed by atoms with Gasteiger partial charge in [0, 0.05) is 39.2 Å². The van der Waals surface area contributed by atoms with Crippen LogP contribution in [0.1, 0.15) is 6.92 Å². The molecule has 1 saturated heterocycles. The van der Waals surface area contributed by atoms with E-state index in [9.17, 15) is 9.59 Å². The summed E-state index contributed by atoms with van der Waals surface area (Å²) in [4.78, 5) is 31.4. The molecule has 2 heterocycles. The molecule has 0 spiro atoms. The summed E-state index contributed by atoms with van der Waals surface area (Å²) in [6.07, 6.45) is 1.49. The summed E-state index contributed by atoms with van der Waals surface area (Å²) in [5.41, 5.74) is 1.57. The Bertz CT molecular complexity index is 805. The van der Waals surface area contributed by atoms with Crippen molar-refractivity contribution in [1.82, 2.24) is 9.88 Å². The molecule has 3 rings (SSSR count). The highest BCUT2D eigenvalue weighted by molar-refractivity contribution is 6.33. The topological polar surface area (TPSA) is 74.8 Å². The maximum atomic E-state index is 12.4. The number of anilines is 2. The van der Waals surface area contributed by atoms with E-state index in [0.717, 1.165) is 23.8 Å². The number of nitrogens with one attached hydrogen (secondary N) is 1. The summed E-state index contributed by atoms with van der Waals surface area (Å²) in [5, 5.41) is 3.34. The average molecular weight is 389 g/mol. The van der Waals surface area contributed by atoms with E-state index in [4.69, 9.17) is 16.3 Å². The number of aromatic nitrogens is 1. The number of halogens is 1. The smallest absolute Gasteiger partial charge is 0.260 e. The number of carbonyl (C=O) groups is 2. The first-order chi connectivity index (χ1) is 13.0. The Labute approximate surface area is 162 Å². The van der Waals surface area contributed by atoms with E-state index in [1.165, 1.54) is 13.1 Å². The number of hydrogen-bond donors (Lipinski definition) is 1. The van der Waals surface area contributed by atoms with Gasteiger partial charge in [0.2, 0.25) is 11.8 Å². The second kappa shape index (κ2) is 8.73. The Kier molecular flexibility index (Phi) is 6.13. The number of para-hydroxylation sites is 1. The van der Waals surface area contributed by atoms with Gasteiger partial charge < -0.3 is 19.9 Å². The maximum absolute atomic E-state index is 12.4. The lowest BCUT2D eigenvalue weighted by Gasteiger charge is -2.36. The van der Waals surface area contributed by atoms with Crippen LogP contribution in [0.25, 0.3) is 0 Å². The molecule has 0 atom stereocenters. The number of rotatable bonds is 5. The third kappa shape index (κ3) is 5.10. The van der Waals surface area contributed by atoms with Crippen LogP contribution in [-0.2, 0) is 9.59 Å². The van der Waals surface area contributed by atoms with Crippen LogP contribution in [0.15, 0.2) is 42.6 Å². The molecule has 1 aromatic heterocycles. The van der Waals surface area contributed by atoms with Crippen molar-refractivity contribution in [3.8, 4) is 5.88 Å². The van der Waals surface area contributed by atoms with Crippen molar-refractivity contribution in [2.24, 2.45) is 0 Å². The first kappa shape index (κ1) is 19.0. The molecule has 1 aliphatic rings. The number of pyridine rings is 1. The van der Waals surface area contributed by atoms with Gasteiger partial charge in [0.1, 0.15) is 0 Å². The average Bonchev–Trinajstić information content (AvgIpc) is 2.67. The third-order valence-corrected chi connectivity index (χ3v) is 4.55. The van der Waals surface area contributed by atoms with E-state index in [0.29, 0.717) is 24.7 Å². The molecule has 0 radical (unpaired) electrons. The van der Waals surface area contributed by atoms with E-state index >= 15 is 0 Å². The Morgan fingerprint density at radius 3 is 2.52 bits per heavy atom. The van der Waals surface area contributed by atoms with Gasteiger partial charge in [-0.1, -0.05) is 23.7 Å². The number of benzene rings is 1. The summed E-state index contributed by atoms with van der Waals surface area (Å²) in [6, 6.07) is 11.0. The molecule has 2 aromatic rings. The fraction of sp³-hybridized carbons (Fsp3) is 0.316. The predicted octanol–water partition coefficient (Wildman–Crippen LogP) is 2.42. The lowest BCUT2D eigenvalue weighted by Crippen LogP contribution is -2.50. The van der Waals surface area contributed by atoms with Crippen molar-refractivity contribution in [2.75, 3.05) is 43.0 Å². The SMILES string of the molecule is CC(=O)Nc1ccc(OCC(=O)N2CCN(c3ccccc3Cl)CC2)nc1. The van der Waals surface area contributed by atoms with Gasteiger partial charge >= 0.3 is 0 Å². The van der Waals surface area contributed by atoms with E-state index < -0.39 is 0 Å². The van der Waals surface area contributed by atoms with Crippen LogP contribution in [0, 0.1) is 0 Å². The number of carbonyl (C=O) groups excluding carboxylic acids is 2. The number of hydrogen-bond acceptors (Lipinski definition) is 5. The van der Waals surface area contributed by atoms with E-state index in [2.05, 4.69) is 15.2 Å². The van der Waals surface area contributed by atoms with Crippen molar-refractivity contribution in [1.29, 1.82) is 0 Å². The minimum Gasteiger partial charge on any atom is -0.468 e. The van der Waals surface area contributed by atoms with Crippen LogP contribution in [0.5, 0.6) is 5.88 Å². The van der Waals surface area contributed by atoms with Gasteiger partial charge in [-0.25, -0.2) is 4.98 Å². The zero-order valence-electron chi connectivity index (χ0n) is 15.0. The second-order valence-electron chi connectivity index (χ2n) is 6.17. The molecule has 1 fully saturated rings. The zero-order valence-corrected chi connectivity index (χ0v) is 15.8. The minimum atomic E-state index is -0.170. The van der Waals surface area contributed by atoms with Crippen molar-refractivity contribution in [2.45, 2.75) is 6.92 Å². The van der Waals surface area contributed by atoms with Crippen molar-refractivity contribution in [3.05, 3.63) is 47.6 Å². The molecular weight excluding hydrogens is 368 g/mol. The molecule has 0 bridgehead atoms. The highest BCUT2D eigenvalue weighted by Gasteiger charge is 2.22. The van der Waals surface area contributed by atoms with Crippen LogP contribution in [0.3, 0.4) is 0 Å². The quantitative estimate of drug-likeness (QED) is 0.851. The molecule has 27 heavy (non-hydrogen) atoms. The Balaban J connectivity index is 1.47. The largest absolute Gasteiger partial charge is 0.468 e. The van der Waals surface area contributed by atoms with E-state index in [1.807, 2.05) is 24.3 Å². The van der Waals surface area contributed by atoms with Crippen LogP contribution >= 0.6 is 11.6 Å². The number of nitrogens with zero attached hydrogens (tertiary/aromatic N) is 3. The Hall–Kier alpha value is -2.80. The third-order valence-electron chi connectivity index (χ3n) is 4.23. The minimum absolute atomic E-state index is 0.0709. The highest BCUT2D eigenvalue weighted by Crippen LogP contribution is 2.26. The maximum Gasteiger partial charge on any atom is 0.260 e. The molecule has 2 amide bonds. The molecule has 1 aliphatic heterocycles. The summed E-state index contributed by atoms with van der Waals surface area (Å²) >= 11 is 6.24. The van der Waals surface area contributed by atoms with Crippen molar-refractivity contribution in [3.63, 3.8) is 0 Å². The van der Waals surface area contributed by atoms with Gasteiger partial charge in [-0.2, -0.15) is 0 Å². The van der Waals surface area contributed by atoms with Gasteiger partial charge in [0.05, 0.1) is 22.6 Å². The summed E-state index contributed by atoms with van der Waals surface area (Å²) in [7, 11) is 0. The van der Waals surface area contributed by atoms with Crippen LogP contribution in [-0.4, -0.2) is 54.5 Å². The van der Waals surface area contributed by atoms with Gasteiger partial charge in [-0.05, 0) is 18.2 Å². The van der Waals surface area contributed by atoms with Gasteiger partial charge in [0.15, 0.2) is 6.61 Å². The first-order valence-corrected chi connectivity index (χ1v) is 9.04. The van der Waals surface area contributed by atoms with E-state index in [1.54, 1.807) is 17.0 Å². The lowest BCUT2D eigenvalue weighted by atomic mass is 10.2. The summed E-state index contributed by atoms with van der Waals surface area (Å²) in [5.74, 6) is 0.0882. The predicted molar refractivity (Wildman–Crippen MR) is 104 cm³/mol. The number of piperazine rings is 1. The van der Waals surface area contributed by atoms with Crippen LogP contribution < -0.4 is 15.0 Å². The summed E-state index contributed by atoms with van der Waals surface area (Å²) < 4.78 is 5.46. The zero-order chi connectivity index (χ0) is 19.2. The van der Waals surface area contributed by atoms with E-state index in [-0.39, 0.29) is 18.4 Å². The second-order valence-corrected chi connectivity index (χ2v) is 6.58. The monoisotopic (exact) mass is 388 g/mol. The van der Waals surface area contributed by atoms with Gasteiger partial charge in [-0.3, -0.25) is 9.59 Å². The molecule has 142 valence electrons. The number of ether oxygens (including phenoxy) is 1. The molecule has 1 aromatic carbocycles. The van der Waals surface area contributed by atoms with Crippen LogP contribution in [0.4, 0.5) is 11.4 Å². The molecular formula is C19H21ClN4O3. The molecule has 8 heteroatoms. The molecule has 7 nitrogen and oxygen atoms in total. The fourth-order valence-electron chi connectivity index (χ4n) is 2.87. The van der Waals surface area contributed by atoms with Crippen molar-refractivity contribution >= 4 is 34.8 Å². The Morgan fingerprint density at radius 2 is 1.89 bits per heavy atom. The molecule has 0 saturated carbocycles. The van der Waals surface area contributed by atoms with Crippen molar-refractivity contribution < 1.29 is 14.3 Å². The lowest BCUT2D eigenvalue weighted by molar-refractivity contribution is -0.133. The molecule has 0 unspecified atom stereocenters.